The van der Waals surface area contributed by atoms with Crippen LogP contribution in [0.15, 0.2) is 30.3 Å². The molecule has 0 spiro atoms. The molecule has 0 saturated heterocycles. The van der Waals surface area contributed by atoms with Crippen molar-refractivity contribution in [3.8, 4) is 17.0 Å². The Morgan fingerprint density at radius 1 is 1.04 bits per heavy atom. The largest absolute Gasteiger partial charge is 0.484 e. The molecule has 1 heterocycles. The first kappa shape index (κ1) is 18.9. The summed E-state index contributed by atoms with van der Waals surface area (Å²) in [6.45, 7) is 3.79. The molecular formula is C21H26F3NO. The van der Waals surface area contributed by atoms with Crippen molar-refractivity contribution in [1.82, 2.24) is 4.57 Å². The highest BCUT2D eigenvalue weighted by molar-refractivity contribution is 5.66. The zero-order valence-electron chi connectivity index (χ0n) is 15.4. The van der Waals surface area contributed by atoms with Gasteiger partial charge in [-0.25, -0.2) is 0 Å². The summed E-state index contributed by atoms with van der Waals surface area (Å²) in [4.78, 5) is 0. The van der Waals surface area contributed by atoms with Crippen LogP contribution in [0.25, 0.3) is 11.3 Å². The highest BCUT2D eigenvalue weighted by atomic mass is 19.4. The Morgan fingerprint density at radius 2 is 1.77 bits per heavy atom. The first-order chi connectivity index (χ1) is 12.3. The van der Waals surface area contributed by atoms with Crippen LogP contribution >= 0.6 is 0 Å². The summed E-state index contributed by atoms with van der Waals surface area (Å²) >= 11 is 0. The summed E-state index contributed by atoms with van der Waals surface area (Å²) < 4.78 is 44.2. The lowest BCUT2D eigenvalue weighted by Crippen LogP contribution is -2.19. The fourth-order valence-electron chi connectivity index (χ4n) is 3.85. The summed E-state index contributed by atoms with van der Waals surface area (Å²) in [5.41, 5.74) is 4.33. The fraction of sp³-hybridized carbons (Fsp3) is 0.524. The van der Waals surface area contributed by atoms with Crippen LogP contribution in [0.3, 0.4) is 0 Å². The van der Waals surface area contributed by atoms with Gasteiger partial charge in [0, 0.05) is 23.5 Å². The van der Waals surface area contributed by atoms with Gasteiger partial charge in [-0.15, -0.1) is 0 Å². The van der Waals surface area contributed by atoms with Crippen molar-refractivity contribution in [2.75, 3.05) is 6.61 Å². The molecule has 0 radical (unpaired) electrons. The zero-order chi connectivity index (χ0) is 18.7. The Hall–Kier alpha value is -1.91. The maximum atomic E-state index is 12.3. The van der Waals surface area contributed by atoms with Crippen LogP contribution in [0.2, 0.25) is 0 Å². The van der Waals surface area contributed by atoms with E-state index in [9.17, 15) is 13.2 Å². The molecule has 1 aliphatic rings. The Labute approximate surface area is 153 Å². The molecule has 26 heavy (non-hydrogen) atoms. The molecule has 0 amide bonds. The molecular weight excluding hydrogens is 339 g/mol. The summed E-state index contributed by atoms with van der Waals surface area (Å²) in [7, 11) is 0. The maximum Gasteiger partial charge on any atom is 0.422 e. The quantitative estimate of drug-likeness (QED) is 0.607. The number of hydrogen-bond donors (Lipinski definition) is 0. The first-order valence-corrected chi connectivity index (χ1v) is 9.30. The molecule has 1 aromatic carbocycles. The van der Waals surface area contributed by atoms with Crippen LogP contribution in [0.1, 0.15) is 43.4 Å². The van der Waals surface area contributed by atoms with E-state index >= 15 is 0 Å². The fourth-order valence-corrected chi connectivity index (χ4v) is 3.85. The van der Waals surface area contributed by atoms with Crippen molar-refractivity contribution in [1.29, 1.82) is 0 Å². The molecule has 2 aromatic rings. The smallest absolute Gasteiger partial charge is 0.422 e. The monoisotopic (exact) mass is 365 g/mol. The minimum atomic E-state index is -4.32. The van der Waals surface area contributed by atoms with Gasteiger partial charge in [0.2, 0.25) is 0 Å². The second-order valence-corrected chi connectivity index (χ2v) is 7.36. The lowest BCUT2D eigenvalue weighted by molar-refractivity contribution is -0.153. The molecule has 0 unspecified atom stereocenters. The number of aromatic nitrogens is 1. The number of benzene rings is 1. The number of halogens is 3. The van der Waals surface area contributed by atoms with Gasteiger partial charge in [-0.1, -0.05) is 19.3 Å². The van der Waals surface area contributed by atoms with Gasteiger partial charge in [0.25, 0.3) is 0 Å². The van der Waals surface area contributed by atoms with Crippen molar-refractivity contribution in [2.45, 2.75) is 58.7 Å². The molecule has 3 rings (SSSR count). The van der Waals surface area contributed by atoms with E-state index in [1.165, 1.54) is 37.8 Å². The number of rotatable bonds is 5. The van der Waals surface area contributed by atoms with E-state index in [1.807, 2.05) is 13.0 Å². The predicted octanol–water partition coefficient (Wildman–Crippen LogP) is 6.29. The average molecular weight is 365 g/mol. The van der Waals surface area contributed by atoms with Crippen LogP contribution < -0.4 is 4.74 Å². The molecule has 1 saturated carbocycles. The highest BCUT2D eigenvalue weighted by Gasteiger charge is 2.28. The van der Waals surface area contributed by atoms with Gasteiger partial charge in [0.15, 0.2) is 6.61 Å². The van der Waals surface area contributed by atoms with Crippen molar-refractivity contribution in [3.63, 3.8) is 0 Å². The van der Waals surface area contributed by atoms with E-state index in [4.69, 9.17) is 4.74 Å². The molecule has 0 N–H and O–H groups in total. The highest BCUT2D eigenvalue weighted by Crippen LogP contribution is 2.32. The van der Waals surface area contributed by atoms with Gasteiger partial charge in [0.1, 0.15) is 5.75 Å². The second kappa shape index (κ2) is 7.77. The third-order valence-electron chi connectivity index (χ3n) is 5.24. The molecule has 1 fully saturated rings. The van der Waals surface area contributed by atoms with Crippen LogP contribution in [0.5, 0.6) is 5.75 Å². The zero-order valence-corrected chi connectivity index (χ0v) is 15.4. The van der Waals surface area contributed by atoms with Gasteiger partial charge >= 0.3 is 6.18 Å². The summed E-state index contributed by atoms with van der Waals surface area (Å²) in [6, 6.07) is 9.41. The number of aryl methyl sites for hydroxylation is 2. The summed E-state index contributed by atoms with van der Waals surface area (Å²) in [5.74, 6) is 0.967. The number of alkyl halides is 3. The molecule has 1 aromatic heterocycles. The molecule has 1 aliphatic carbocycles. The molecule has 2 nitrogen and oxygen atoms in total. The van der Waals surface area contributed by atoms with Gasteiger partial charge in [-0.2, -0.15) is 13.2 Å². The van der Waals surface area contributed by atoms with Crippen molar-refractivity contribution in [3.05, 3.63) is 41.6 Å². The number of nitrogens with zero attached hydrogens (tertiary/aromatic N) is 1. The van der Waals surface area contributed by atoms with E-state index in [-0.39, 0.29) is 5.75 Å². The average Bonchev–Trinajstić information content (AvgIpc) is 2.94. The molecule has 142 valence electrons. The molecule has 0 aliphatic heterocycles. The summed E-state index contributed by atoms with van der Waals surface area (Å²) in [5, 5.41) is 0. The van der Waals surface area contributed by atoms with E-state index in [0.717, 1.165) is 23.4 Å². The standard InChI is InChI=1S/C21H26F3NO/c1-15-12-18(26-14-21(22,23)24)9-10-19(15)20-11-8-16(2)25(20)13-17-6-4-3-5-7-17/h8-12,17H,3-7,13-14H2,1-2H3. The minimum absolute atomic E-state index is 0.255. The normalized spacial score (nSPS) is 16.0. The second-order valence-electron chi connectivity index (χ2n) is 7.36. The SMILES string of the molecule is Cc1cc(OCC(F)(F)F)ccc1-c1ccc(C)n1CC1CCCCC1. The number of ether oxygens (including phenoxy) is 1. The Morgan fingerprint density at radius 3 is 2.42 bits per heavy atom. The van der Waals surface area contributed by atoms with Crippen molar-refractivity contribution >= 4 is 0 Å². The van der Waals surface area contributed by atoms with E-state index in [2.05, 4.69) is 23.6 Å². The van der Waals surface area contributed by atoms with Gasteiger partial charge in [0.05, 0.1) is 0 Å². The molecule has 0 atom stereocenters. The van der Waals surface area contributed by atoms with E-state index in [1.54, 1.807) is 12.1 Å². The third kappa shape index (κ3) is 4.63. The maximum absolute atomic E-state index is 12.3. The Kier molecular flexibility index (Phi) is 5.64. The Bertz CT molecular complexity index is 742. The number of hydrogen-bond acceptors (Lipinski definition) is 1. The first-order valence-electron chi connectivity index (χ1n) is 9.30. The van der Waals surface area contributed by atoms with Gasteiger partial charge < -0.3 is 9.30 Å². The predicted molar refractivity (Wildman–Crippen MR) is 97.5 cm³/mol. The van der Waals surface area contributed by atoms with Gasteiger partial charge in [-0.05, 0) is 68.5 Å². The van der Waals surface area contributed by atoms with E-state index < -0.39 is 12.8 Å². The summed E-state index contributed by atoms with van der Waals surface area (Å²) in [6.07, 6.45) is 2.20. The molecule has 0 bridgehead atoms. The Balaban J connectivity index is 1.80. The lowest BCUT2D eigenvalue weighted by Gasteiger charge is -2.24. The van der Waals surface area contributed by atoms with Crippen LogP contribution in [0, 0.1) is 19.8 Å². The van der Waals surface area contributed by atoms with Crippen molar-refractivity contribution < 1.29 is 17.9 Å². The van der Waals surface area contributed by atoms with E-state index in [0.29, 0.717) is 5.92 Å². The van der Waals surface area contributed by atoms with Crippen LogP contribution in [0.4, 0.5) is 13.2 Å². The minimum Gasteiger partial charge on any atom is -0.484 e. The lowest BCUT2D eigenvalue weighted by atomic mass is 9.89. The third-order valence-corrected chi connectivity index (χ3v) is 5.24. The van der Waals surface area contributed by atoms with Crippen LogP contribution in [-0.4, -0.2) is 17.4 Å². The van der Waals surface area contributed by atoms with Crippen LogP contribution in [-0.2, 0) is 6.54 Å². The topological polar surface area (TPSA) is 14.2 Å². The molecule has 5 heteroatoms. The van der Waals surface area contributed by atoms with Crippen molar-refractivity contribution in [2.24, 2.45) is 5.92 Å². The van der Waals surface area contributed by atoms with Gasteiger partial charge in [-0.3, -0.25) is 0 Å².